The van der Waals surface area contributed by atoms with Crippen LogP contribution in [0.1, 0.15) is 17.0 Å². The summed E-state index contributed by atoms with van der Waals surface area (Å²) in [5.41, 5.74) is 6.50. The fourth-order valence-corrected chi connectivity index (χ4v) is 5.04. The zero-order valence-corrected chi connectivity index (χ0v) is 18.7. The second-order valence-corrected chi connectivity index (χ2v) is 9.27. The Balaban J connectivity index is 1.75. The molecule has 33 heavy (non-hydrogen) atoms. The molecule has 1 aliphatic rings. The minimum absolute atomic E-state index is 0.0113. The summed E-state index contributed by atoms with van der Waals surface area (Å²) in [7, 11) is -4.33. The van der Waals surface area contributed by atoms with Gasteiger partial charge < -0.3 is 14.7 Å². The molecule has 2 N–H and O–H groups in total. The molecule has 0 amide bonds. The highest BCUT2D eigenvalue weighted by molar-refractivity contribution is 7.87. The molecule has 1 aliphatic heterocycles. The van der Waals surface area contributed by atoms with Gasteiger partial charge in [0.1, 0.15) is 28.0 Å². The Kier molecular flexibility index (Phi) is 5.93. The number of nitrogens with zero attached hydrogens (tertiary/aromatic N) is 1. The molecule has 1 heterocycles. The van der Waals surface area contributed by atoms with Gasteiger partial charge in [0.15, 0.2) is 11.6 Å². The zero-order valence-electron chi connectivity index (χ0n) is 16.4. The maximum absolute atomic E-state index is 13.9. The number of halogens is 4. The molecular weight excluding hydrogens is 497 g/mol. The summed E-state index contributed by atoms with van der Waals surface area (Å²) in [4.78, 5) is -0.293. The average Bonchev–Trinajstić information content (AvgIpc) is 2.74. The summed E-state index contributed by atoms with van der Waals surface area (Å²) in [5, 5.41) is 9.69. The third kappa shape index (κ3) is 4.33. The molecule has 4 rings (SSSR count). The van der Waals surface area contributed by atoms with Crippen LogP contribution in [0.3, 0.4) is 0 Å². The van der Waals surface area contributed by atoms with Gasteiger partial charge in [-0.15, -0.1) is 0 Å². The third-order valence-electron chi connectivity index (χ3n) is 4.84. The Morgan fingerprint density at radius 3 is 2.45 bits per heavy atom. The number of rotatable bonds is 4. The van der Waals surface area contributed by atoms with Gasteiger partial charge in [0.25, 0.3) is 0 Å². The highest BCUT2D eigenvalue weighted by Crippen LogP contribution is 2.44. The van der Waals surface area contributed by atoms with Crippen molar-refractivity contribution < 1.29 is 26.1 Å². The summed E-state index contributed by atoms with van der Waals surface area (Å²) in [5.74, 6) is -3.32. The zero-order chi connectivity index (χ0) is 23.9. The van der Waals surface area contributed by atoms with Gasteiger partial charge in [0.2, 0.25) is 5.88 Å². The molecule has 1 atom stereocenters. The first-order valence-electron chi connectivity index (χ1n) is 9.16. The monoisotopic (exact) mass is 508 g/mol. The van der Waals surface area contributed by atoms with Crippen molar-refractivity contribution in [2.24, 2.45) is 5.73 Å². The molecule has 0 aromatic heterocycles. The molecular formula is C22H12Cl2F2N2O4S. The number of fused-ring (bicyclic) bond motifs is 1. The van der Waals surface area contributed by atoms with Crippen LogP contribution >= 0.6 is 23.2 Å². The Morgan fingerprint density at radius 2 is 1.79 bits per heavy atom. The lowest BCUT2D eigenvalue weighted by Gasteiger charge is -2.26. The maximum atomic E-state index is 13.9. The predicted molar refractivity (Wildman–Crippen MR) is 116 cm³/mol. The Labute approximate surface area is 197 Å². The van der Waals surface area contributed by atoms with Crippen LogP contribution in [0, 0.1) is 23.0 Å². The van der Waals surface area contributed by atoms with Crippen LogP contribution < -0.4 is 14.7 Å². The van der Waals surface area contributed by atoms with Crippen LogP contribution in [0.5, 0.6) is 11.5 Å². The van der Waals surface area contributed by atoms with E-state index in [4.69, 9.17) is 37.9 Å². The largest absolute Gasteiger partial charge is 0.440 e. The number of hydrogen-bond donors (Lipinski definition) is 1. The highest BCUT2D eigenvalue weighted by Gasteiger charge is 2.32. The summed E-state index contributed by atoms with van der Waals surface area (Å²) in [6.45, 7) is 0. The van der Waals surface area contributed by atoms with E-state index in [1.54, 1.807) is 0 Å². The van der Waals surface area contributed by atoms with Crippen molar-refractivity contribution in [2.45, 2.75) is 10.8 Å². The van der Waals surface area contributed by atoms with Crippen LogP contribution in [-0.2, 0) is 10.1 Å². The van der Waals surface area contributed by atoms with Crippen LogP contribution in [0.25, 0.3) is 0 Å². The number of hydrogen-bond acceptors (Lipinski definition) is 6. The SMILES string of the molecule is N#CC1=C(N)Oc2cc(OS(=O)(=O)c3ccc(Cl)cc3Cl)ccc2C1c1ccc(F)c(F)c1. The van der Waals surface area contributed by atoms with E-state index in [0.717, 1.165) is 12.1 Å². The molecule has 0 fully saturated rings. The fraction of sp³-hybridized carbons (Fsp3) is 0.0455. The van der Waals surface area contributed by atoms with Gasteiger partial charge in [-0.3, -0.25) is 0 Å². The maximum Gasteiger partial charge on any atom is 0.340 e. The first kappa shape index (κ1) is 22.9. The minimum atomic E-state index is -4.33. The second-order valence-electron chi connectivity index (χ2n) is 6.91. The van der Waals surface area contributed by atoms with Crippen LogP contribution in [0.15, 0.2) is 70.9 Å². The fourth-order valence-electron chi connectivity index (χ4n) is 3.37. The van der Waals surface area contributed by atoms with Crippen molar-refractivity contribution in [3.05, 3.63) is 98.9 Å². The van der Waals surface area contributed by atoms with E-state index in [1.807, 2.05) is 6.07 Å². The lowest BCUT2D eigenvalue weighted by molar-refractivity contribution is 0.391. The van der Waals surface area contributed by atoms with E-state index in [2.05, 4.69) is 0 Å². The van der Waals surface area contributed by atoms with Gasteiger partial charge in [-0.05, 0) is 42.0 Å². The molecule has 11 heteroatoms. The molecule has 0 saturated carbocycles. The lowest BCUT2D eigenvalue weighted by Crippen LogP contribution is -2.21. The summed E-state index contributed by atoms with van der Waals surface area (Å²) in [6, 6.07) is 13.0. The Bertz CT molecular complexity index is 1470. The van der Waals surface area contributed by atoms with E-state index in [1.165, 1.54) is 42.5 Å². The number of allylic oxidation sites excluding steroid dienone is 1. The smallest absolute Gasteiger partial charge is 0.340 e. The van der Waals surface area contributed by atoms with Crippen LogP contribution in [-0.4, -0.2) is 8.42 Å². The molecule has 0 spiro atoms. The van der Waals surface area contributed by atoms with Gasteiger partial charge >= 0.3 is 10.1 Å². The standard InChI is InChI=1S/C22H12Cl2F2N2O4S/c23-12-2-6-20(16(24)8-12)33(29,30)32-13-3-4-14-19(9-13)31-22(28)15(10-27)21(14)11-1-5-17(25)18(26)7-11/h1-9,21H,28H2. The summed E-state index contributed by atoms with van der Waals surface area (Å²) >= 11 is 11.8. The van der Waals surface area contributed by atoms with Crippen molar-refractivity contribution in [1.82, 2.24) is 0 Å². The van der Waals surface area contributed by atoms with Crippen LogP contribution in [0.2, 0.25) is 10.0 Å². The van der Waals surface area contributed by atoms with Gasteiger partial charge in [-0.2, -0.15) is 13.7 Å². The molecule has 3 aromatic carbocycles. The minimum Gasteiger partial charge on any atom is -0.440 e. The molecule has 168 valence electrons. The van der Waals surface area contributed by atoms with Crippen molar-refractivity contribution in [2.75, 3.05) is 0 Å². The molecule has 0 saturated heterocycles. The van der Waals surface area contributed by atoms with E-state index in [9.17, 15) is 22.5 Å². The molecule has 0 bridgehead atoms. The van der Waals surface area contributed by atoms with Crippen molar-refractivity contribution in [1.29, 1.82) is 5.26 Å². The van der Waals surface area contributed by atoms with E-state index in [0.29, 0.717) is 5.56 Å². The van der Waals surface area contributed by atoms with Crippen molar-refractivity contribution in [3.63, 3.8) is 0 Å². The van der Waals surface area contributed by atoms with E-state index >= 15 is 0 Å². The average molecular weight is 509 g/mol. The number of nitriles is 1. The van der Waals surface area contributed by atoms with Crippen LogP contribution in [0.4, 0.5) is 8.78 Å². The Morgan fingerprint density at radius 1 is 1.03 bits per heavy atom. The topological polar surface area (TPSA) is 102 Å². The number of ether oxygens (including phenoxy) is 1. The molecule has 1 unspecified atom stereocenters. The summed E-state index contributed by atoms with van der Waals surface area (Å²) in [6.07, 6.45) is 0. The summed E-state index contributed by atoms with van der Waals surface area (Å²) < 4.78 is 63.3. The first-order valence-corrected chi connectivity index (χ1v) is 11.3. The normalized spacial score (nSPS) is 15.4. The van der Waals surface area contributed by atoms with E-state index in [-0.39, 0.29) is 43.5 Å². The van der Waals surface area contributed by atoms with Gasteiger partial charge in [0.05, 0.1) is 10.9 Å². The second kappa shape index (κ2) is 8.56. The molecule has 6 nitrogen and oxygen atoms in total. The van der Waals surface area contributed by atoms with Gasteiger partial charge in [-0.25, -0.2) is 8.78 Å². The Hall–Kier alpha value is -3.32. The van der Waals surface area contributed by atoms with Crippen molar-refractivity contribution >= 4 is 33.3 Å². The molecule has 3 aromatic rings. The van der Waals surface area contributed by atoms with Crippen molar-refractivity contribution in [3.8, 4) is 17.6 Å². The van der Waals surface area contributed by atoms with Gasteiger partial charge in [-0.1, -0.05) is 35.3 Å². The number of nitrogens with two attached hydrogens (primary N) is 1. The highest BCUT2D eigenvalue weighted by atomic mass is 35.5. The first-order chi connectivity index (χ1) is 15.6. The van der Waals surface area contributed by atoms with Gasteiger partial charge in [0, 0.05) is 16.7 Å². The quantitative estimate of drug-likeness (QED) is 0.482. The number of benzene rings is 3. The molecule has 0 radical (unpaired) electrons. The lowest BCUT2D eigenvalue weighted by atomic mass is 9.83. The molecule has 0 aliphatic carbocycles. The van der Waals surface area contributed by atoms with E-state index < -0.39 is 27.7 Å². The predicted octanol–water partition coefficient (Wildman–Crippen LogP) is 5.26. The third-order valence-corrected chi connectivity index (χ3v) is 6.80.